The van der Waals surface area contributed by atoms with Crippen LogP contribution in [0.5, 0.6) is 0 Å². The van der Waals surface area contributed by atoms with Crippen LogP contribution in [0, 0.1) is 0 Å². The standard InChI is InChI=1S/C27H33Cl3N4O2.ClH/c1-27(2)25(35)33(19-20-6-7-22(29)18-24(20)30)26(36)34(27)13-5-3-4-12-31-14-16-32(17-15-31)23-10-8-21(28)9-11-23;/h6-11,18H,3-5,12-17,19H2,1-2H3;1H. The molecule has 0 atom stereocenters. The number of benzene rings is 2. The molecule has 0 saturated carbocycles. The minimum absolute atomic E-state index is 0. The Hall–Kier alpha value is -1.70. The van der Waals surface area contributed by atoms with Gasteiger partial charge < -0.3 is 9.80 Å². The lowest BCUT2D eigenvalue weighted by Crippen LogP contribution is -2.46. The molecule has 0 unspecified atom stereocenters. The van der Waals surface area contributed by atoms with Gasteiger partial charge in [0.25, 0.3) is 5.91 Å². The number of hydrogen-bond acceptors (Lipinski definition) is 4. The summed E-state index contributed by atoms with van der Waals surface area (Å²) in [4.78, 5) is 34.1. The molecule has 3 amide bonds. The number of carbonyl (C=O) groups is 2. The van der Waals surface area contributed by atoms with Crippen LogP contribution in [-0.2, 0) is 11.3 Å². The van der Waals surface area contributed by atoms with E-state index in [9.17, 15) is 9.59 Å². The Bertz CT molecular complexity index is 1090. The first-order valence-electron chi connectivity index (χ1n) is 12.5. The molecule has 0 spiro atoms. The second kappa shape index (κ2) is 12.9. The van der Waals surface area contributed by atoms with Crippen molar-refractivity contribution < 1.29 is 9.59 Å². The Morgan fingerprint density at radius 2 is 1.43 bits per heavy atom. The van der Waals surface area contributed by atoms with E-state index < -0.39 is 5.54 Å². The molecular formula is C27H34Cl4N4O2. The van der Waals surface area contributed by atoms with E-state index in [0.717, 1.165) is 57.0 Å². The number of anilines is 1. The highest BCUT2D eigenvalue weighted by atomic mass is 35.5. The molecule has 202 valence electrons. The van der Waals surface area contributed by atoms with Gasteiger partial charge in [0.05, 0.1) is 6.54 Å². The Morgan fingerprint density at radius 1 is 0.811 bits per heavy atom. The molecule has 2 aliphatic heterocycles. The number of carbonyl (C=O) groups excluding carboxylic acids is 2. The van der Waals surface area contributed by atoms with Gasteiger partial charge in [0.15, 0.2) is 0 Å². The van der Waals surface area contributed by atoms with E-state index >= 15 is 0 Å². The van der Waals surface area contributed by atoms with Crippen LogP contribution in [0.3, 0.4) is 0 Å². The number of hydrogen-bond donors (Lipinski definition) is 0. The molecule has 2 aromatic carbocycles. The van der Waals surface area contributed by atoms with Crippen molar-refractivity contribution in [1.82, 2.24) is 14.7 Å². The molecule has 37 heavy (non-hydrogen) atoms. The summed E-state index contributed by atoms with van der Waals surface area (Å²) in [6.07, 6.45) is 2.94. The second-order valence-corrected chi connectivity index (χ2v) is 11.3. The molecule has 0 N–H and O–H groups in total. The van der Waals surface area contributed by atoms with Gasteiger partial charge in [-0.15, -0.1) is 12.4 Å². The lowest BCUT2D eigenvalue weighted by molar-refractivity contribution is -0.132. The van der Waals surface area contributed by atoms with E-state index in [2.05, 4.69) is 21.9 Å². The predicted octanol–water partition coefficient (Wildman–Crippen LogP) is 6.60. The van der Waals surface area contributed by atoms with E-state index in [1.54, 1.807) is 23.1 Å². The van der Waals surface area contributed by atoms with Gasteiger partial charge in [-0.1, -0.05) is 47.3 Å². The van der Waals surface area contributed by atoms with Crippen molar-refractivity contribution in [3.8, 4) is 0 Å². The van der Waals surface area contributed by atoms with Crippen molar-refractivity contribution in [3.05, 3.63) is 63.1 Å². The van der Waals surface area contributed by atoms with Crippen molar-refractivity contribution >= 4 is 64.8 Å². The number of amides is 3. The Morgan fingerprint density at radius 3 is 2.08 bits per heavy atom. The van der Waals surface area contributed by atoms with Gasteiger partial charge in [-0.25, -0.2) is 4.79 Å². The molecule has 0 aliphatic carbocycles. The van der Waals surface area contributed by atoms with Crippen LogP contribution in [0.1, 0.15) is 38.7 Å². The van der Waals surface area contributed by atoms with E-state index in [-0.39, 0.29) is 30.9 Å². The van der Waals surface area contributed by atoms with Gasteiger partial charge in [0, 0.05) is 53.5 Å². The number of urea groups is 1. The van der Waals surface area contributed by atoms with Crippen molar-refractivity contribution in [3.63, 3.8) is 0 Å². The lowest BCUT2D eigenvalue weighted by Gasteiger charge is -2.36. The molecule has 0 radical (unpaired) electrons. The molecular weight excluding hydrogens is 554 g/mol. The maximum Gasteiger partial charge on any atom is 0.327 e. The van der Waals surface area contributed by atoms with Crippen molar-refractivity contribution in [1.29, 1.82) is 0 Å². The molecule has 0 bridgehead atoms. The lowest BCUT2D eigenvalue weighted by atomic mass is 10.0. The van der Waals surface area contributed by atoms with Crippen LogP contribution in [0.25, 0.3) is 0 Å². The number of unbranched alkanes of at least 4 members (excludes halogenated alkanes) is 2. The largest absolute Gasteiger partial charge is 0.369 e. The fourth-order valence-electron chi connectivity index (χ4n) is 4.92. The summed E-state index contributed by atoms with van der Waals surface area (Å²) in [5.41, 5.74) is 1.06. The second-order valence-electron chi connectivity index (χ2n) is 9.99. The van der Waals surface area contributed by atoms with Gasteiger partial charge in [0.2, 0.25) is 0 Å². The van der Waals surface area contributed by atoms with Gasteiger partial charge in [-0.05, 0) is 75.2 Å². The van der Waals surface area contributed by atoms with Gasteiger partial charge in [-0.3, -0.25) is 14.6 Å². The highest BCUT2D eigenvalue weighted by Crippen LogP contribution is 2.31. The van der Waals surface area contributed by atoms with Crippen molar-refractivity contribution in [2.24, 2.45) is 0 Å². The van der Waals surface area contributed by atoms with Crippen LogP contribution in [-0.4, -0.2) is 71.4 Å². The first-order valence-corrected chi connectivity index (χ1v) is 13.6. The van der Waals surface area contributed by atoms with Gasteiger partial charge >= 0.3 is 6.03 Å². The SMILES string of the molecule is CC1(C)C(=O)N(Cc2ccc(Cl)cc2Cl)C(=O)N1CCCCCN1CCN(c2ccc(Cl)cc2)CC1.Cl. The smallest absolute Gasteiger partial charge is 0.327 e. The molecule has 4 rings (SSSR count). The van der Waals surface area contributed by atoms with E-state index in [0.29, 0.717) is 22.2 Å². The Kier molecular flexibility index (Phi) is 10.4. The predicted molar refractivity (Wildman–Crippen MR) is 154 cm³/mol. The zero-order valence-corrected chi connectivity index (χ0v) is 24.3. The Labute approximate surface area is 240 Å². The first kappa shape index (κ1) is 29.9. The van der Waals surface area contributed by atoms with Crippen molar-refractivity contribution in [2.75, 3.05) is 44.2 Å². The van der Waals surface area contributed by atoms with Gasteiger partial charge in [-0.2, -0.15) is 0 Å². The highest BCUT2D eigenvalue weighted by Gasteiger charge is 2.50. The van der Waals surface area contributed by atoms with E-state index in [4.69, 9.17) is 34.8 Å². The van der Waals surface area contributed by atoms with Crippen LogP contribution in [0.4, 0.5) is 10.5 Å². The topological polar surface area (TPSA) is 47.1 Å². The van der Waals surface area contributed by atoms with E-state index in [1.807, 2.05) is 26.0 Å². The fourth-order valence-corrected chi connectivity index (χ4v) is 5.51. The number of imide groups is 1. The third-order valence-electron chi connectivity index (χ3n) is 7.17. The monoisotopic (exact) mass is 586 g/mol. The average molecular weight is 588 g/mol. The maximum absolute atomic E-state index is 13.1. The zero-order valence-electron chi connectivity index (χ0n) is 21.3. The third kappa shape index (κ3) is 7.04. The van der Waals surface area contributed by atoms with Crippen LogP contribution in [0.2, 0.25) is 15.1 Å². The summed E-state index contributed by atoms with van der Waals surface area (Å²) >= 11 is 18.3. The van der Waals surface area contributed by atoms with Crippen LogP contribution < -0.4 is 4.90 Å². The highest BCUT2D eigenvalue weighted by molar-refractivity contribution is 6.35. The molecule has 6 nitrogen and oxygen atoms in total. The number of nitrogens with zero attached hydrogens (tertiary/aromatic N) is 4. The molecule has 2 fully saturated rings. The Balaban J connectivity index is 0.00000380. The first-order chi connectivity index (χ1) is 17.2. The normalized spacial score (nSPS) is 17.9. The minimum Gasteiger partial charge on any atom is -0.369 e. The minimum atomic E-state index is -0.867. The summed E-state index contributed by atoms with van der Waals surface area (Å²) in [7, 11) is 0. The summed E-state index contributed by atoms with van der Waals surface area (Å²) in [5.74, 6) is -0.197. The number of rotatable bonds is 9. The quantitative estimate of drug-likeness (QED) is 0.245. The average Bonchev–Trinajstić information content (AvgIpc) is 3.01. The third-order valence-corrected chi connectivity index (χ3v) is 8.01. The molecule has 2 aromatic rings. The van der Waals surface area contributed by atoms with Gasteiger partial charge in [0.1, 0.15) is 5.54 Å². The van der Waals surface area contributed by atoms with Crippen molar-refractivity contribution in [2.45, 2.75) is 45.2 Å². The fraction of sp³-hybridized carbons (Fsp3) is 0.481. The molecule has 10 heteroatoms. The molecule has 0 aromatic heterocycles. The summed E-state index contributed by atoms with van der Waals surface area (Å²) in [6, 6.07) is 12.9. The summed E-state index contributed by atoms with van der Waals surface area (Å²) < 4.78 is 0. The van der Waals surface area contributed by atoms with Crippen LogP contribution >= 0.6 is 47.2 Å². The molecule has 2 saturated heterocycles. The number of halogens is 4. The molecule has 2 aliphatic rings. The van der Waals surface area contributed by atoms with E-state index in [1.165, 1.54) is 10.6 Å². The zero-order chi connectivity index (χ0) is 25.9. The molecule has 2 heterocycles. The summed E-state index contributed by atoms with van der Waals surface area (Å²) in [6.45, 7) is 9.48. The number of piperazine rings is 1. The maximum atomic E-state index is 13.1. The summed E-state index contributed by atoms with van der Waals surface area (Å²) in [5, 5.41) is 1.74. The van der Waals surface area contributed by atoms with Crippen LogP contribution in [0.15, 0.2) is 42.5 Å².